The van der Waals surface area contributed by atoms with E-state index in [9.17, 15) is 4.79 Å². The Kier molecular flexibility index (Phi) is 4.02. The lowest BCUT2D eigenvalue weighted by atomic mass is 10.1. The number of carbonyl (C=O) groups is 1. The van der Waals surface area contributed by atoms with Gasteiger partial charge in [-0.25, -0.2) is 4.79 Å². The van der Waals surface area contributed by atoms with E-state index in [1.165, 1.54) is 12.8 Å². The summed E-state index contributed by atoms with van der Waals surface area (Å²) < 4.78 is 0. The molecule has 1 saturated heterocycles. The molecule has 1 aliphatic rings. The second-order valence-corrected chi connectivity index (χ2v) is 3.71. The summed E-state index contributed by atoms with van der Waals surface area (Å²) in [6, 6.07) is 0.612. The first kappa shape index (κ1) is 10.3. The minimum absolute atomic E-state index is 0.00185. The third-order valence-corrected chi connectivity index (χ3v) is 2.34. The lowest BCUT2D eigenvalue weighted by Gasteiger charge is -2.14. The zero-order valence-corrected chi connectivity index (χ0v) is 8.47. The molecule has 1 atom stereocenters. The van der Waals surface area contributed by atoms with Gasteiger partial charge in [-0.3, -0.25) is 0 Å². The molecule has 0 aromatic rings. The van der Waals surface area contributed by atoms with Gasteiger partial charge < -0.3 is 15.5 Å². The van der Waals surface area contributed by atoms with Crippen molar-refractivity contribution in [3.8, 4) is 0 Å². The topological polar surface area (TPSA) is 44.4 Å². The fourth-order valence-corrected chi connectivity index (χ4v) is 1.51. The molecule has 0 unspecified atom stereocenters. The molecule has 4 nitrogen and oxygen atoms in total. The molecule has 13 heavy (non-hydrogen) atoms. The van der Waals surface area contributed by atoms with Gasteiger partial charge in [-0.2, -0.15) is 0 Å². The zero-order valence-electron chi connectivity index (χ0n) is 8.47. The predicted molar refractivity (Wildman–Crippen MR) is 52.7 cm³/mol. The van der Waals surface area contributed by atoms with Crippen molar-refractivity contribution in [2.24, 2.45) is 0 Å². The molecule has 0 aliphatic carbocycles. The van der Waals surface area contributed by atoms with Crippen LogP contribution < -0.4 is 10.6 Å². The van der Waals surface area contributed by atoms with E-state index in [1.807, 2.05) is 0 Å². The third kappa shape index (κ3) is 3.63. The molecule has 0 aromatic heterocycles. The predicted octanol–water partition coefficient (Wildman–Crippen LogP) is 0.400. The van der Waals surface area contributed by atoms with Crippen molar-refractivity contribution in [3.05, 3.63) is 0 Å². The maximum absolute atomic E-state index is 11.1. The molecular weight excluding hydrogens is 166 g/mol. The van der Waals surface area contributed by atoms with Crippen molar-refractivity contribution in [2.75, 3.05) is 27.2 Å². The molecule has 1 aliphatic heterocycles. The fourth-order valence-electron chi connectivity index (χ4n) is 1.51. The Balaban J connectivity index is 2.03. The molecule has 1 heterocycles. The van der Waals surface area contributed by atoms with Crippen molar-refractivity contribution in [1.82, 2.24) is 15.5 Å². The first-order valence-electron chi connectivity index (χ1n) is 4.88. The highest BCUT2D eigenvalue weighted by Crippen LogP contribution is 2.07. The van der Waals surface area contributed by atoms with E-state index < -0.39 is 0 Å². The SMILES string of the molecule is CN(C)C(=O)NCC[C@@H]1CCCN1. The van der Waals surface area contributed by atoms with E-state index in [2.05, 4.69) is 10.6 Å². The first-order chi connectivity index (χ1) is 6.20. The van der Waals surface area contributed by atoms with Crippen LogP contribution in [0.2, 0.25) is 0 Å². The van der Waals surface area contributed by atoms with Gasteiger partial charge in [0.05, 0.1) is 0 Å². The molecule has 1 rings (SSSR count). The minimum atomic E-state index is -0.00185. The van der Waals surface area contributed by atoms with Gasteiger partial charge in [-0.15, -0.1) is 0 Å². The molecule has 4 heteroatoms. The monoisotopic (exact) mass is 185 g/mol. The Morgan fingerprint density at radius 2 is 2.38 bits per heavy atom. The van der Waals surface area contributed by atoms with Crippen molar-refractivity contribution in [2.45, 2.75) is 25.3 Å². The van der Waals surface area contributed by atoms with Crippen LogP contribution in [0.15, 0.2) is 0 Å². The van der Waals surface area contributed by atoms with Crippen molar-refractivity contribution >= 4 is 6.03 Å². The summed E-state index contributed by atoms with van der Waals surface area (Å²) >= 11 is 0. The Labute approximate surface area is 79.7 Å². The van der Waals surface area contributed by atoms with E-state index in [4.69, 9.17) is 0 Å². The number of nitrogens with zero attached hydrogens (tertiary/aromatic N) is 1. The number of rotatable bonds is 3. The highest BCUT2D eigenvalue weighted by Gasteiger charge is 2.13. The quantitative estimate of drug-likeness (QED) is 0.668. The Morgan fingerprint density at radius 1 is 1.62 bits per heavy atom. The second-order valence-electron chi connectivity index (χ2n) is 3.71. The van der Waals surface area contributed by atoms with Crippen LogP contribution >= 0.6 is 0 Å². The van der Waals surface area contributed by atoms with E-state index in [0.717, 1.165) is 19.5 Å². The number of amides is 2. The van der Waals surface area contributed by atoms with Crippen molar-refractivity contribution in [1.29, 1.82) is 0 Å². The molecular formula is C9H19N3O. The van der Waals surface area contributed by atoms with Crippen LogP contribution in [0.3, 0.4) is 0 Å². The average molecular weight is 185 g/mol. The van der Waals surface area contributed by atoms with Gasteiger partial charge in [0.1, 0.15) is 0 Å². The smallest absolute Gasteiger partial charge is 0.316 e. The van der Waals surface area contributed by atoms with Gasteiger partial charge in [0.25, 0.3) is 0 Å². The van der Waals surface area contributed by atoms with Crippen LogP contribution in [0.1, 0.15) is 19.3 Å². The van der Waals surface area contributed by atoms with Crippen molar-refractivity contribution < 1.29 is 4.79 Å². The first-order valence-corrected chi connectivity index (χ1v) is 4.88. The highest BCUT2D eigenvalue weighted by atomic mass is 16.2. The third-order valence-electron chi connectivity index (χ3n) is 2.34. The molecule has 0 spiro atoms. The lowest BCUT2D eigenvalue weighted by molar-refractivity contribution is 0.217. The number of urea groups is 1. The second kappa shape index (κ2) is 5.07. The minimum Gasteiger partial charge on any atom is -0.338 e. The van der Waals surface area contributed by atoms with Crippen LogP contribution in [0.25, 0.3) is 0 Å². The Bertz CT molecular complexity index is 164. The van der Waals surface area contributed by atoms with Crippen molar-refractivity contribution in [3.63, 3.8) is 0 Å². The number of hydrogen-bond donors (Lipinski definition) is 2. The largest absolute Gasteiger partial charge is 0.338 e. The van der Waals surface area contributed by atoms with E-state index >= 15 is 0 Å². The molecule has 1 fully saturated rings. The lowest BCUT2D eigenvalue weighted by Crippen LogP contribution is -2.37. The average Bonchev–Trinajstić information content (AvgIpc) is 2.56. The Hall–Kier alpha value is -0.770. The summed E-state index contributed by atoms with van der Waals surface area (Å²) in [5, 5.41) is 6.25. The highest BCUT2D eigenvalue weighted by molar-refractivity contribution is 5.73. The molecule has 0 saturated carbocycles. The Morgan fingerprint density at radius 3 is 2.92 bits per heavy atom. The van der Waals surface area contributed by atoms with Crippen LogP contribution in [-0.4, -0.2) is 44.2 Å². The molecule has 2 amide bonds. The van der Waals surface area contributed by atoms with E-state index in [-0.39, 0.29) is 6.03 Å². The van der Waals surface area contributed by atoms with Crippen LogP contribution in [0.4, 0.5) is 4.79 Å². The van der Waals surface area contributed by atoms with Gasteiger partial charge in [-0.1, -0.05) is 0 Å². The zero-order chi connectivity index (χ0) is 9.68. The summed E-state index contributed by atoms with van der Waals surface area (Å²) in [6.07, 6.45) is 3.56. The normalized spacial score (nSPS) is 21.5. The van der Waals surface area contributed by atoms with Gasteiger partial charge >= 0.3 is 6.03 Å². The summed E-state index contributed by atoms with van der Waals surface area (Å²) in [5.41, 5.74) is 0. The maximum Gasteiger partial charge on any atom is 0.316 e. The van der Waals surface area contributed by atoms with Crippen LogP contribution in [0, 0.1) is 0 Å². The summed E-state index contributed by atoms with van der Waals surface area (Å²) in [6.45, 7) is 1.90. The molecule has 0 radical (unpaired) electrons. The van der Waals surface area contributed by atoms with Gasteiger partial charge in [0.2, 0.25) is 0 Å². The van der Waals surface area contributed by atoms with E-state index in [1.54, 1.807) is 19.0 Å². The molecule has 0 aromatic carbocycles. The summed E-state index contributed by atoms with van der Waals surface area (Å²) in [4.78, 5) is 12.7. The number of nitrogens with one attached hydrogen (secondary N) is 2. The van der Waals surface area contributed by atoms with Gasteiger partial charge in [-0.05, 0) is 25.8 Å². The number of carbonyl (C=O) groups excluding carboxylic acids is 1. The van der Waals surface area contributed by atoms with Crippen LogP contribution in [0.5, 0.6) is 0 Å². The van der Waals surface area contributed by atoms with Gasteiger partial charge in [0, 0.05) is 26.7 Å². The molecule has 0 bridgehead atoms. The summed E-state index contributed by atoms with van der Waals surface area (Å²) in [7, 11) is 3.51. The summed E-state index contributed by atoms with van der Waals surface area (Å²) in [5.74, 6) is 0. The molecule has 76 valence electrons. The maximum atomic E-state index is 11.1. The standard InChI is InChI=1S/C9H19N3O/c1-12(2)9(13)11-7-5-8-4-3-6-10-8/h8,10H,3-7H2,1-2H3,(H,11,13)/t8-/m0/s1. The van der Waals surface area contributed by atoms with Gasteiger partial charge in [0.15, 0.2) is 0 Å². The van der Waals surface area contributed by atoms with Crippen LogP contribution in [-0.2, 0) is 0 Å². The molecule has 2 N–H and O–H groups in total. The van der Waals surface area contributed by atoms with E-state index in [0.29, 0.717) is 6.04 Å². The fraction of sp³-hybridized carbons (Fsp3) is 0.889. The number of hydrogen-bond acceptors (Lipinski definition) is 2.